The first-order chi connectivity index (χ1) is 9.86. The number of rotatable bonds is 5. The maximum atomic E-state index is 12.7. The van der Waals surface area contributed by atoms with Crippen molar-refractivity contribution in [1.82, 2.24) is 5.32 Å². The van der Waals surface area contributed by atoms with Crippen LogP contribution in [0.3, 0.4) is 0 Å². The number of halogens is 4. The lowest BCUT2D eigenvalue weighted by molar-refractivity contribution is -0.137. The number of aliphatic hydroxyl groups is 1. The van der Waals surface area contributed by atoms with Crippen molar-refractivity contribution in [2.24, 2.45) is 0 Å². The minimum atomic E-state index is -4.37. The van der Waals surface area contributed by atoms with Crippen molar-refractivity contribution in [2.75, 3.05) is 6.54 Å². The number of aliphatic hydroxyl groups excluding tert-OH is 1. The van der Waals surface area contributed by atoms with Crippen molar-refractivity contribution in [3.05, 3.63) is 47.7 Å². The fourth-order valence-electron chi connectivity index (χ4n) is 1.88. The summed E-state index contributed by atoms with van der Waals surface area (Å²) in [7, 11) is 0. The largest absolute Gasteiger partial charge is 1.00 e. The molecule has 0 amide bonds. The van der Waals surface area contributed by atoms with Crippen LogP contribution >= 0.6 is 0 Å². The first-order valence-corrected chi connectivity index (χ1v) is 6.51. The highest BCUT2D eigenvalue weighted by Gasteiger charge is 2.30. The SMILES string of the molecule is CC(O)CNCc1ccc(-c2cccc(C(F)(F)F)c2)o1.[Cl-]. The van der Waals surface area contributed by atoms with E-state index in [1.165, 1.54) is 6.07 Å². The molecule has 0 saturated heterocycles. The molecule has 0 spiro atoms. The van der Waals surface area contributed by atoms with Crippen LogP contribution in [0.1, 0.15) is 18.2 Å². The Morgan fingerprint density at radius 1 is 1.23 bits per heavy atom. The second-order valence-corrected chi connectivity index (χ2v) is 4.82. The monoisotopic (exact) mass is 334 g/mol. The van der Waals surface area contributed by atoms with Gasteiger partial charge >= 0.3 is 6.18 Å². The average Bonchev–Trinajstić information content (AvgIpc) is 2.86. The van der Waals surface area contributed by atoms with Crippen molar-refractivity contribution >= 4 is 0 Å². The molecular weight excluding hydrogens is 319 g/mol. The smallest absolute Gasteiger partial charge is 0.416 e. The van der Waals surface area contributed by atoms with E-state index in [0.29, 0.717) is 30.2 Å². The molecule has 0 fully saturated rings. The fourth-order valence-corrected chi connectivity index (χ4v) is 1.88. The lowest BCUT2D eigenvalue weighted by Gasteiger charge is -2.07. The van der Waals surface area contributed by atoms with Crippen molar-refractivity contribution in [3.8, 4) is 11.3 Å². The molecule has 2 rings (SSSR count). The highest BCUT2D eigenvalue weighted by Crippen LogP contribution is 2.32. The van der Waals surface area contributed by atoms with Crippen LogP contribution in [0, 0.1) is 0 Å². The predicted molar refractivity (Wildman–Crippen MR) is 72.5 cm³/mol. The number of furan rings is 1. The van der Waals surface area contributed by atoms with Gasteiger partial charge in [-0.15, -0.1) is 0 Å². The molecule has 1 aromatic carbocycles. The van der Waals surface area contributed by atoms with Gasteiger partial charge in [0.15, 0.2) is 0 Å². The molecule has 7 heteroatoms. The molecule has 0 aliphatic heterocycles. The van der Waals surface area contributed by atoms with Gasteiger partial charge in [-0.2, -0.15) is 13.2 Å². The van der Waals surface area contributed by atoms with Gasteiger partial charge in [0.25, 0.3) is 0 Å². The zero-order chi connectivity index (χ0) is 15.5. The van der Waals surface area contributed by atoms with Crippen LogP contribution in [0.5, 0.6) is 0 Å². The third kappa shape index (κ3) is 5.05. The molecule has 0 radical (unpaired) electrons. The Balaban J connectivity index is 0.00000242. The Hall–Kier alpha value is -1.50. The molecule has 0 saturated carbocycles. The molecule has 0 aliphatic carbocycles. The van der Waals surface area contributed by atoms with E-state index in [4.69, 9.17) is 9.52 Å². The van der Waals surface area contributed by atoms with Gasteiger partial charge in [-0.1, -0.05) is 12.1 Å². The maximum Gasteiger partial charge on any atom is 0.416 e. The van der Waals surface area contributed by atoms with Crippen molar-refractivity contribution < 1.29 is 35.1 Å². The topological polar surface area (TPSA) is 45.4 Å². The molecule has 1 unspecified atom stereocenters. The average molecular weight is 335 g/mol. The van der Waals surface area contributed by atoms with Gasteiger partial charge in [0.05, 0.1) is 18.2 Å². The first-order valence-electron chi connectivity index (χ1n) is 6.51. The van der Waals surface area contributed by atoms with Crippen molar-refractivity contribution in [3.63, 3.8) is 0 Å². The normalized spacial score (nSPS) is 12.8. The third-order valence-corrected chi connectivity index (χ3v) is 2.88. The first kappa shape index (κ1) is 18.5. The Morgan fingerprint density at radius 3 is 2.59 bits per heavy atom. The number of alkyl halides is 3. The van der Waals surface area contributed by atoms with Crippen LogP contribution in [0.2, 0.25) is 0 Å². The molecule has 1 heterocycles. The molecular formula is C15H16ClF3NO2-. The van der Waals surface area contributed by atoms with Gasteiger partial charge in [-0.25, -0.2) is 0 Å². The number of nitrogens with one attached hydrogen (secondary N) is 1. The molecule has 1 atom stereocenters. The molecule has 2 N–H and O–H groups in total. The predicted octanol–water partition coefficient (Wildman–Crippen LogP) is 0.440. The number of hydrogen-bond donors (Lipinski definition) is 2. The summed E-state index contributed by atoms with van der Waals surface area (Å²) in [4.78, 5) is 0. The van der Waals surface area contributed by atoms with Crippen LogP contribution in [-0.2, 0) is 12.7 Å². The van der Waals surface area contributed by atoms with Crippen LogP contribution in [0.15, 0.2) is 40.8 Å². The van der Waals surface area contributed by atoms with E-state index >= 15 is 0 Å². The zero-order valence-electron chi connectivity index (χ0n) is 11.8. The second kappa shape index (κ2) is 7.67. The van der Waals surface area contributed by atoms with Gasteiger partial charge < -0.3 is 27.2 Å². The summed E-state index contributed by atoms with van der Waals surface area (Å²) in [6, 6.07) is 8.34. The number of hydrogen-bond acceptors (Lipinski definition) is 3. The maximum absolute atomic E-state index is 12.7. The van der Waals surface area contributed by atoms with Crippen LogP contribution in [0.4, 0.5) is 13.2 Å². The summed E-state index contributed by atoms with van der Waals surface area (Å²) in [5.41, 5.74) is -0.322. The standard InChI is InChI=1S/C15H16F3NO2.ClH/c1-10(20)8-19-9-13-5-6-14(21-13)11-3-2-4-12(7-11)15(16,17)18;/h2-7,10,19-20H,8-9H2,1H3;1H/p-1. The highest BCUT2D eigenvalue weighted by molar-refractivity contribution is 5.58. The minimum absolute atomic E-state index is 0. The Bertz CT molecular complexity index is 596. The second-order valence-electron chi connectivity index (χ2n) is 4.82. The van der Waals surface area contributed by atoms with Gasteiger partial charge in [0.2, 0.25) is 0 Å². The summed E-state index contributed by atoms with van der Waals surface area (Å²) in [6.45, 7) is 2.48. The van der Waals surface area contributed by atoms with Gasteiger partial charge in [-0.3, -0.25) is 0 Å². The molecule has 0 bridgehead atoms. The van der Waals surface area contributed by atoms with Crippen molar-refractivity contribution in [2.45, 2.75) is 25.7 Å². The Morgan fingerprint density at radius 2 is 1.95 bits per heavy atom. The molecule has 22 heavy (non-hydrogen) atoms. The van der Waals surface area contributed by atoms with E-state index in [2.05, 4.69) is 5.32 Å². The molecule has 122 valence electrons. The van der Waals surface area contributed by atoms with Gasteiger partial charge in [0.1, 0.15) is 11.5 Å². The van der Waals surface area contributed by atoms with Crippen LogP contribution in [-0.4, -0.2) is 17.8 Å². The molecule has 3 nitrogen and oxygen atoms in total. The molecule has 1 aromatic heterocycles. The summed E-state index contributed by atoms with van der Waals surface area (Å²) in [6.07, 6.45) is -4.84. The van der Waals surface area contributed by atoms with E-state index < -0.39 is 17.8 Å². The van der Waals surface area contributed by atoms with E-state index in [0.717, 1.165) is 12.1 Å². The highest BCUT2D eigenvalue weighted by atomic mass is 35.5. The Labute approximate surface area is 132 Å². The minimum Gasteiger partial charge on any atom is -1.00 e. The van der Waals surface area contributed by atoms with E-state index in [1.807, 2.05) is 0 Å². The van der Waals surface area contributed by atoms with Crippen LogP contribution in [0.25, 0.3) is 11.3 Å². The van der Waals surface area contributed by atoms with E-state index in [9.17, 15) is 13.2 Å². The zero-order valence-corrected chi connectivity index (χ0v) is 12.6. The quantitative estimate of drug-likeness (QED) is 0.834. The fraction of sp³-hybridized carbons (Fsp3) is 0.333. The third-order valence-electron chi connectivity index (χ3n) is 2.88. The van der Waals surface area contributed by atoms with Crippen LogP contribution < -0.4 is 17.7 Å². The summed E-state index contributed by atoms with van der Waals surface area (Å²) in [5, 5.41) is 12.1. The summed E-state index contributed by atoms with van der Waals surface area (Å²) in [5.74, 6) is 0.984. The lowest BCUT2D eigenvalue weighted by Crippen LogP contribution is -3.00. The summed E-state index contributed by atoms with van der Waals surface area (Å²) >= 11 is 0. The lowest BCUT2D eigenvalue weighted by atomic mass is 10.1. The Kier molecular flexibility index (Phi) is 6.47. The van der Waals surface area contributed by atoms with E-state index in [1.54, 1.807) is 25.1 Å². The van der Waals surface area contributed by atoms with Gasteiger partial charge in [-0.05, 0) is 31.2 Å². The summed E-state index contributed by atoms with van der Waals surface area (Å²) < 4.78 is 43.5. The number of benzene rings is 1. The molecule has 0 aliphatic rings. The molecule has 2 aromatic rings. The van der Waals surface area contributed by atoms with E-state index in [-0.39, 0.29) is 12.4 Å². The van der Waals surface area contributed by atoms with Crippen molar-refractivity contribution in [1.29, 1.82) is 0 Å². The van der Waals surface area contributed by atoms with Gasteiger partial charge in [0, 0.05) is 12.1 Å².